The fourth-order valence-corrected chi connectivity index (χ4v) is 2.18. The van der Waals surface area contributed by atoms with Gasteiger partial charge in [0, 0.05) is 12.2 Å². The van der Waals surface area contributed by atoms with E-state index in [4.69, 9.17) is 5.73 Å². The van der Waals surface area contributed by atoms with Gasteiger partial charge in [-0.3, -0.25) is 9.48 Å². The Labute approximate surface area is 139 Å². The van der Waals surface area contributed by atoms with Crippen LogP contribution >= 0.6 is 0 Å². The van der Waals surface area contributed by atoms with Gasteiger partial charge in [-0.1, -0.05) is 12.1 Å². The summed E-state index contributed by atoms with van der Waals surface area (Å²) < 4.78 is 1.35. The Morgan fingerprint density at radius 3 is 2.71 bits per heavy atom. The van der Waals surface area contributed by atoms with Gasteiger partial charge in [-0.25, -0.2) is 4.79 Å². The Bertz CT molecular complexity index is 696. The molecular formula is C16H21N5O3. The van der Waals surface area contributed by atoms with Crippen molar-refractivity contribution >= 4 is 17.6 Å². The summed E-state index contributed by atoms with van der Waals surface area (Å²) in [7, 11) is 0. The van der Waals surface area contributed by atoms with E-state index in [9.17, 15) is 14.7 Å². The van der Waals surface area contributed by atoms with E-state index >= 15 is 0 Å². The fourth-order valence-electron chi connectivity index (χ4n) is 2.18. The predicted octanol–water partition coefficient (Wildman–Crippen LogP) is 1.22. The summed E-state index contributed by atoms with van der Waals surface area (Å²) in [5, 5.41) is 18.7. The van der Waals surface area contributed by atoms with Crippen LogP contribution in [-0.4, -0.2) is 32.9 Å². The van der Waals surface area contributed by atoms with Crippen LogP contribution in [0.3, 0.4) is 0 Å². The Balaban J connectivity index is 1.75. The Hall–Kier alpha value is -3.03. The molecule has 3 amide bonds. The Morgan fingerprint density at radius 2 is 2.04 bits per heavy atom. The zero-order chi connectivity index (χ0) is 17.5. The third kappa shape index (κ3) is 5.64. The lowest BCUT2D eigenvalue weighted by Gasteiger charge is -2.14. The van der Waals surface area contributed by atoms with Crippen molar-refractivity contribution < 1.29 is 14.7 Å². The van der Waals surface area contributed by atoms with Crippen molar-refractivity contribution in [3.63, 3.8) is 0 Å². The van der Waals surface area contributed by atoms with Crippen molar-refractivity contribution in [2.75, 3.05) is 5.32 Å². The quantitative estimate of drug-likeness (QED) is 0.609. The third-order valence-electron chi connectivity index (χ3n) is 3.39. The Kier molecular flexibility index (Phi) is 5.78. The van der Waals surface area contributed by atoms with Crippen molar-refractivity contribution in [1.29, 1.82) is 0 Å². The van der Waals surface area contributed by atoms with Crippen LogP contribution in [0.2, 0.25) is 0 Å². The van der Waals surface area contributed by atoms with E-state index in [1.165, 1.54) is 17.1 Å². The van der Waals surface area contributed by atoms with Gasteiger partial charge in [-0.2, -0.15) is 5.10 Å². The average molecular weight is 331 g/mol. The lowest BCUT2D eigenvalue weighted by atomic mass is 10.1. The second-order valence-corrected chi connectivity index (χ2v) is 5.60. The maximum absolute atomic E-state index is 11.9. The monoisotopic (exact) mass is 331 g/mol. The smallest absolute Gasteiger partial charge is 0.319 e. The third-order valence-corrected chi connectivity index (χ3v) is 3.39. The van der Waals surface area contributed by atoms with Gasteiger partial charge in [-0.15, -0.1) is 0 Å². The first-order valence-electron chi connectivity index (χ1n) is 7.58. The van der Waals surface area contributed by atoms with Gasteiger partial charge in [0.05, 0.1) is 11.9 Å². The highest BCUT2D eigenvalue weighted by Crippen LogP contribution is 2.12. The first kappa shape index (κ1) is 17.3. The maximum Gasteiger partial charge on any atom is 0.319 e. The predicted molar refractivity (Wildman–Crippen MR) is 89.5 cm³/mol. The van der Waals surface area contributed by atoms with Gasteiger partial charge in [0.2, 0.25) is 5.91 Å². The van der Waals surface area contributed by atoms with Crippen LogP contribution in [0.25, 0.3) is 0 Å². The number of phenols is 1. The highest BCUT2D eigenvalue weighted by Gasteiger charge is 2.09. The van der Waals surface area contributed by atoms with Crippen molar-refractivity contribution in [1.82, 2.24) is 15.1 Å². The minimum atomic E-state index is -0.503. The summed E-state index contributed by atoms with van der Waals surface area (Å²) in [6.07, 6.45) is 4.53. The molecule has 0 bridgehead atoms. The van der Waals surface area contributed by atoms with Crippen LogP contribution in [-0.2, 0) is 17.8 Å². The number of carbonyl (C=O) groups excluding carboxylic acids is 2. The number of nitrogens with two attached hydrogens (primary N) is 1. The molecule has 2 aromatic rings. The summed E-state index contributed by atoms with van der Waals surface area (Å²) in [5.74, 6) is -0.266. The molecule has 1 heterocycles. The molecule has 0 aliphatic carbocycles. The summed E-state index contributed by atoms with van der Waals surface area (Å²) >= 11 is 0. The lowest BCUT2D eigenvalue weighted by molar-refractivity contribution is -0.118. The molecule has 0 unspecified atom stereocenters. The van der Waals surface area contributed by atoms with Crippen molar-refractivity contribution in [2.24, 2.45) is 5.73 Å². The van der Waals surface area contributed by atoms with E-state index in [2.05, 4.69) is 15.7 Å². The number of primary amides is 1. The minimum absolute atomic E-state index is 0.0283. The van der Waals surface area contributed by atoms with Crippen LogP contribution in [0.5, 0.6) is 5.75 Å². The first-order valence-corrected chi connectivity index (χ1v) is 7.58. The number of anilines is 1. The second kappa shape index (κ2) is 8.00. The number of carbonyl (C=O) groups is 2. The molecule has 0 fully saturated rings. The number of nitrogens with one attached hydrogen (secondary N) is 2. The molecule has 0 radical (unpaired) electrons. The van der Waals surface area contributed by atoms with Crippen LogP contribution in [0.4, 0.5) is 10.5 Å². The highest BCUT2D eigenvalue weighted by molar-refractivity contribution is 5.89. The number of rotatable bonds is 7. The molecule has 8 nitrogen and oxygen atoms in total. The van der Waals surface area contributed by atoms with Crippen molar-refractivity contribution in [3.05, 3.63) is 42.2 Å². The number of nitrogens with zero attached hydrogens (tertiary/aromatic N) is 2. The summed E-state index contributed by atoms with van der Waals surface area (Å²) in [6.45, 7) is 1.88. The van der Waals surface area contributed by atoms with Gasteiger partial charge in [-0.05, 0) is 37.5 Å². The zero-order valence-corrected chi connectivity index (χ0v) is 13.4. The molecule has 5 N–H and O–H groups in total. The number of aromatic nitrogens is 2. The summed E-state index contributed by atoms with van der Waals surface area (Å²) in [6, 6.07) is 6.63. The minimum Gasteiger partial charge on any atom is -0.508 e. The maximum atomic E-state index is 11.9. The Morgan fingerprint density at radius 1 is 1.33 bits per heavy atom. The fraction of sp³-hybridized carbons (Fsp3) is 0.312. The average Bonchev–Trinajstić information content (AvgIpc) is 2.92. The number of phenolic OH excluding ortho intramolecular Hbond substituents is 1. The molecule has 0 saturated carbocycles. The van der Waals surface area contributed by atoms with Gasteiger partial charge < -0.3 is 21.5 Å². The molecule has 1 aromatic carbocycles. The van der Waals surface area contributed by atoms with Crippen LogP contribution < -0.4 is 16.4 Å². The summed E-state index contributed by atoms with van der Waals surface area (Å²) in [4.78, 5) is 22.7. The molecule has 0 aliphatic heterocycles. The van der Waals surface area contributed by atoms with Crippen LogP contribution in [0.1, 0.15) is 18.9 Å². The van der Waals surface area contributed by atoms with Crippen molar-refractivity contribution in [2.45, 2.75) is 32.4 Å². The van der Waals surface area contributed by atoms with Gasteiger partial charge in [0.1, 0.15) is 12.3 Å². The number of amides is 3. The number of urea groups is 1. The molecule has 128 valence electrons. The lowest BCUT2D eigenvalue weighted by Crippen LogP contribution is -2.36. The number of benzene rings is 1. The number of hydrogen-bond donors (Lipinski definition) is 4. The van der Waals surface area contributed by atoms with Crippen molar-refractivity contribution in [3.8, 4) is 5.75 Å². The number of aryl methyl sites for hydroxylation is 1. The topological polar surface area (TPSA) is 122 Å². The molecule has 0 saturated heterocycles. The molecule has 0 spiro atoms. The normalized spacial score (nSPS) is 11.7. The molecule has 2 rings (SSSR count). The van der Waals surface area contributed by atoms with E-state index < -0.39 is 5.91 Å². The zero-order valence-electron chi connectivity index (χ0n) is 13.4. The van der Waals surface area contributed by atoms with E-state index in [0.717, 1.165) is 18.4 Å². The van der Waals surface area contributed by atoms with Gasteiger partial charge in [0.15, 0.2) is 0 Å². The van der Waals surface area contributed by atoms with Crippen LogP contribution in [0.15, 0.2) is 36.7 Å². The highest BCUT2D eigenvalue weighted by atomic mass is 16.3. The molecule has 8 heteroatoms. The molecule has 1 aromatic heterocycles. The van der Waals surface area contributed by atoms with E-state index in [1.807, 2.05) is 19.1 Å². The number of hydrogen-bond acceptors (Lipinski definition) is 4. The molecule has 0 aliphatic rings. The largest absolute Gasteiger partial charge is 0.508 e. The van der Waals surface area contributed by atoms with Gasteiger partial charge in [0.25, 0.3) is 0 Å². The van der Waals surface area contributed by atoms with Gasteiger partial charge >= 0.3 is 6.03 Å². The first-order chi connectivity index (χ1) is 11.4. The summed E-state index contributed by atoms with van der Waals surface area (Å²) in [5.41, 5.74) is 6.65. The molecule has 24 heavy (non-hydrogen) atoms. The molecule has 1 atom stereocenters. The second-order valence-electron chi connectivity index (χ2n) is 5.60. The molecular weight excluding hydrogens is 310 g/mol. The van der Waals surface area contributed by atoms with E-state index in [0.29, 0.717) is 5.69 Å². The van der Waals surface area contributed by atoms with E-state index in [1.54, 1.807) is 12.1 Å². The number of aromatic hydroxyl groups is 1. The standard InChI is InChI=1S/C16H21N5O3/c1-11(2-3-12-4-6-14(22)7-5-12)19-16(24)20-13-8-18-21(9-13)10-15(17)23/h4-9,11,22H,2-3,10H2,1H3,(H2,17,23)(H2,19,20,24)/t11-/m0/s1. The SMILES string of the molecule is C[C@@H](CCc1ccc(O)cc1)NC(=O)Nc1cnn(CC(N)=O)c1. The van der Waals surface area contributed by atoms with Crippen LogP contribution in [0, 0.1) is 0 Å². The van der Waals surface area contributed by atoms with E-state index in [-0.39, 0.29) is 24.4 Å².